The Labute approximate surface area is 160 Å². The van der Waals surface area contributed by atoms with Crippen molar-refractivity contribution in [2.45, 2.75) is 0 Å². The maximum absolute atomic E-state index is 12.2. The van der Waals surface area contributed by atoms with E-state index in [1.165, 1.54) is 0 Å². The highest BCUT2D eigenvalue weighted by atomic mass is 16.5. The summed E-state index contributed by atoms with van der Waals surface area (Å²) >= 11 is 0. The Morgan fingerprint density at radius 1 is 0.963 bits per heavy atom. The Kier molecular flexibility index (Phi) is 7.03. The van der Waals surface area contributed by atoms with Gasteiger partial charge in [-0.2, -0.15) is 0 Å². The highest BCUT2D eigenvalue weighted by molar-refractivity contribution is 5.92. The Bertz CT molecular complexity index is 625. The fourth-order valence-corrected chi connectivity index (χ4v) is 3.22. The first-order valence-corrected chi connectivity index (χ1v) is 9.38. The van der Waals surface area contributed by atoms with Gasteiger partial charge >= 0.3 is 0 Å². The summed E-state index contributed by atoms with van der Waals surface area (Å²) in [5.74, 6) is -0.102. The van der Waals surface area contributed by atoms with Crippen molar-refractivity contribution in [3.05, 3.63) is 24.3 Å². The number of benzene rings is 1. The van der Waals surface area contributed by atoms with Crippen molar-refractivity contribution in [1.82, 2.24) is 9.80 Å². The summed E-state index contributed by atoms with van der Waals surface area (Å²) in [6.45, 7) is 6.05. The number of carbonyl (C=O) groups excluding carboxylic acids is 2. The summed E-state index contributed by atoms with van der Waals surface area (Å²) in [6.07, 6.45) is 0. The van der Waals surface area contributed by atoms with Crippen molar-refractivity contribution in [2.24, 2.45) is 0 Å². The Morgan fingerprint density at radius 3 is 2.19 bits per heavy atom. The lowest BCUT2D eigenvalue weighted by Gasteiger charge is -2.29. The van der Waals surface area contributed by atoms with Gasteiger partial charge in [0.15, 0.2) is 0 Å². The molecule has 2 amide bonds. The summed E-state index contributed by atoms with van der Waals surface area (Å²) in [5, 5.41) is 2.89. The molecule has 27 heavy (non-hydrogen) atoms. The quantitative estimate of drug-likeness (QED) is 0.767. The number of hydrogen-bond acceptors (Lipinski definition) is 6. The minimum absolute atomic E-state index is 0.0310. The average molecular weight is 376 g/mol. The van der Waals surface area contributed by atoms with Gasteiger partial charge in [-0.15, -0.1) is 0 Å². The summed E-state index contributed by atoms with van der Waals surface area (Å²) in [7, 11) is 1.78. The third-order valence-corrected chi connectivity index (χ3v) is 4.71. The van der Waals surface area contributed by atoms with Crippen LogP contribution in [-0.2, 0) is 19.1 Å². The van der Waals surface area contributed by atoms with E-state index in [-0.39, 0.29) is 24.9 Å². The molecule has 0 spiro atoms. The molecule has 1 aromatic carbocycles. The number of carbonyl (C=O) groups is 2. The van der Waals surface area contributed by atoms with E-state index in [2.05, 4.69) is 10.2 Å². The second-order valence-electron chi connectivity index (χ2n) is 6.86. The first kappa shape index (κ1) is 19.6. The lowest BCUT2D eigenvalue weighted by atomic mass is 10.2. The number of morpholine rings is 2. The predicted molar refractivity (Wildman–Crippen MR) is 103 cm³/mol. The van der Waals surface area contributed by atoms with Crippen molar-refractivity contribution < 1.29 is 19.1 Å². The largest absolute Gasteiger partial charge is 0.378 e. The highest BCUT2D eigenvalue weighted by Gasteiger charge is 2.19. The van der Waals surface area contributed by atoms with Gasteiger partial charge in [-0.1, -0.05) is 0 Å². The molecule has 0 saturated carbocycles. The zero-order chi connectivity index (χ0) is 19.1. The molecule has 8 heteroatoms. The van der Waals surface area contributed by atoms with Crippen LogP contribution < -0.4 is 10.2 Å². The van der Waals surface area contributed by atoms with Gasteiger partial charge in [-0.25, -0.2) is 0 Å². The Balaban J connectivity index is 1.43. The van der Waals surface area contributed by atoms with Crippen molar-refractivity contribution in [3.63, 3.8) is 0 Å². The van der Waals surface area contributed by atoms with E-state index in [4.69, 9.17) is 9.47 Å². The van der Waals surface area contributed by atoms with Crippen LogP contribution in [0.4, 0.5) is 11.4 Å². The van der Waals surface area contributed by atoms with E-state index in [1.807, 2.05) is 24.3 Å². The number of nitrogens with zero attached hydrogens (tertiary/aromatic N) is 3. The molecule has 2 aliphatic heterocycles. The van der Waals surface area contributed by atoms with Crippen LogP contribution in [0.25, 0.3) is 0 Å². The van der Waals surface area contributed by atoms with E-state index in [0.29, 0.717) is 26.3 Å². The molecule has 8 nitrogen and oxygen atoms in total. The number of likely N-dealkylation sites (N-methyl/N-ethyl adjacent to an activating group) is 1. The van der Waals surface area contributed by atoms with Crippen LogP contribution in [0.2, 0.25) is 0 Å². The molecule has 3 rings (SSSR count). The van der Waals surface area contributed by atoms with E-state index < -0.39 is 0 Å². The highest BCUT2D eigenvalue weighted by Crippen LogP contribution is 2.19. The SMILES string of the molecule is CN(CC(=O)Nc1ccc(N2CCOCC2)cc1)CC(=O)N1CCOCC1. The summed E-state index contributed by atoms with van der Waals surface area (Å²) in [5.41, 5.74) is 1.88. The van der Waals surface area contributed by atoms with Crippen molar-refractivity contribution in [3.8, 4) is 0 Å². The molecule has 0 bridgehead atoms. The third-order valence-electron chi connectivity index (χ3n) is 4.71. The molecule has 1 aromatic rings. The minimum Gasteiger partial charge on any atom is -0.378 e. The summed E-state index contributed by atoms with van der Waals surface area (Å²) < 4.78 is 10.6. The van der Waals surface area contributed by atoms with Gasteiger partial charge in [0.25, 0.3) is 0 Å². The van der Waals surface area contributed by atoms with Gasteiger partial charge in [0.1, 0.15) is 0 Å². The van der Waals surface area contributed by atoms with Gasteiger partial charge in [0, 0.05) is 37.6 Å². The first-order chi connectivity index (χ1) is 13.1. The smallest absolute Gasteiger partial charge is 0.238 e. The molecule has 0 radical (unpaired) electrons. The third kappa shape index (κ3) is 5.92. The second kappa shape index (κ2) is 9.68. The van der Waals surface area contributed by atoms with Crippen LogP contribution in [-0.4, -0.2) is 94.4 Å². The maximum atomic E-state index is 12.2. The van der Waals surface area contributed by atoms with E-state index >= 15 is 0 Å². The number of rotatable bonds is 6. The Morgan fingerprint density at radius 2 is 1.56 bits per heavy atom. The molecule has 2 heterocycles. The standard InChI is InChI=1S/C19H28N4O4/c1-21(15-19(25)23-8-12-27-13-9-23)14-18(24)20-16-2-4-17(5-3-16)22-6-10-26-11-7-22/h2-5H,6-15H2,1H3,(H,20,24). The average Bonchev–Trinajstić information content (AvgIpc) is 2.69. The predicted octanol–water partition coefficient (Wildman–Crippen LogP) is 0.252. The van der Waals surface area contributed by atoms with Crippen LogP contribution in [0.3, 0.4) is 0 Å². The molecule has 0 aromatic heterocycles. The van der Waals surface area contributed by atoms with Gasteiger partial charge in [0.05, 0.1) is 39.5 Å². The van der Waals surface area contributed by atoms with Crippen LogP contribution >= 0.6 is 0 Å². The number of anilines is 2. The molecule has 2 saturated heterocycles. The van der Waals surface area contributed by atoms with Gasteiger partial charge in [0.2, 0.25) is 11.8 Å². The minimum atomic E-state index is -0.133. The second-order valence-corrected chi connectivity index (χ2v) is 6.86. The molecule has 148 valence electrons. The van der Waals surface area contributed by atoms with Crippen molar-refractivity contribution >= 4 is 23.2 Å². The van der Waals surface area contributed by atoms with Gasteiger partial charge in [-0.3, -0.25) is 14.5 Å². The van der Waals surface area contributed by atoms with Crippen LogP contribution in [0.15, 0.2) is 24.3 Å². The lowest BCUT2D eigenvalue weighted by molar-refractivity contribution is -0.136. The molecule has 2 fully saturated rings. The van der Waals surface area contributed by atoms with Gasteiger partial charge < -0.3 is 24.6 Å². The summed E-state index contributed by atoms with van der Waals surface area (Å²) in [6, 6.07) is 7.82. The molecule has 0 atom stereocenters. The lowest BCUT2D eigenvalue weighted by Crippen LogP contribution is -2.46. The topological polar surface area (TPSA) is 74.4 Å². The van der Waals surface area contributed by atoms with Gasteiger partial charge in [-0.05, 0) is 31.3 Å². The molecule has 1 N–H and O–H groups in total. The normalized spacial score (nSPS) is 17.9. The van der Waals surface area contributed by atoms with E-state index in [9.17, 15) is 9.59 Å². The number of amides is 2. The number of hydrogen-bond donors (Lipinski definition) is 1. The van der Waals surface area contributed by atoms with Crippen molar-refractivity contribution in [2.75, 3.05) is 83.0 Å². The number of ether oxygens (including phenoxy) is 2. The fourth-order valence-electron chi connectivity index (χ4n) is 3.22. The van der Waals surface area contributed by atoms with Crippen LogP contribution in [0.5, 0.6) is 0 Å². The fraction of sp³-hybridized carbons (Fsp3) is 0.579. The van der Waals surface area contributed by atoms with E-state index in [1.54, 1.807) is 16.8 Å². The monoisotopic (exact) mass is 376 g/mol. The number of nitrogens with one attached hydrogen (secondary N) is 1. The molecule has 2 aliphatic rings. The molecular formula is C19H28N4O4. The summed E-state index contributed by atoms with van der Waals surface area (Å²) in [4.78, 5) is 30.2. The molecular weight excluding hydrogens is 348 g/mol. The van der Waals surface area contributed by atoms with Crippen LogP contribution in [0, 0.1) is 0 Å². The first-order valence-electron chi connectivity index (χ1n) is 9.38. The van der Waals surface area contributed by atoms with Crippen LogP contribution in [0.1, 0.15) is 0 Å². The van der Waals surface area contributed by atoms with E-state index in [0.717, 1.165) is 37.7 Å². The molecule has 0 aliphatic carbocycles. The molecule has 0 unspecified atom stereocenters. The van der Waals surface area contributed by atoms with Crippen molar-refractivity contribution in [1.29, 1.82) is 0 Å². The zero-order valence-corrected chi connectivity index (χ0v) is 15.9. The Hall–Kier alpha value is -2.16. The maximum Gasteiger partial charge on any atom is 0.238 e. The zero-order valence-electron chi connectivity index (χ0n) is 15.9.